The first-order valence-electron chi connectivity index (χ1n) is 4.93. The molecule has 0 saturated carbocycles. The zero-order valence-corrected chi connectivity index (χ0v) is 8.91. The first-order chi connectivity index (χ1) is 6.56. The normalized spacial score (nSPS) is 9.93. The molecule has 0 unspecified atom stereocenters. The molecule has 0 aliphatic rings. The monoisotopic (exact) mass is 198 g/mol. The molecule has 0 rings (SSSR count). The molecule has 0 N–H and O–H groups in total. The predicted octanol–water partition coefficient (Wildman–Crippen LogP) is 2.46. The Balaban J connectivity index is 3.45. The second-order valence-corrected chi connectivity index (χ2v) is 3.64. The molecule has 0 saturated heterocycles. The maximum absolute atomic E-state index is 11.0. The maximum Gasteiger partial charge on any atom is 0.337 e. The first kappa shape index (κ1) is 12.9. The van der Waals surface area contributed by atoms with Crippen LogP contribution < -0.4 is 0 Å². The Morgan fingerprint density at radius 3 is 2.50 bits per heavy atom. The van der Waals surface area contributed by atoms with Crippen molar-refractivity contribution in [3.8, 4) is 0 Å². The largest absolute Gasteiger partial charge is 0.390 e. The number of rotatable bonds is 6. The third-order valence-corrected chi connectivity index (χ3v) is 1.79. The van der Waals surface area contributed by atoms with Gasteiger partial charge in [0.15, 0.2) is 0 Å². The van der Waals surface area contributed by atoms with E-state index >= 15 is 0 Å². The Morgan fingerprint density at radius 1 is 1.36 bits per heavy atom. The van der Waals surface area contributed by atoms with Gasteiger partial charge in [-0.15, -0.1) is 0 Å². The lowest BCUT2D eigenvalue weighted by Gasteiger charge is -2.03. The number of carbonyl (C=O) groups is 2. The number of unbranched alkanes of at least 4 members (excludes halogenated alkanes) is 1. The third-order valence-electron chi connectivity index (χ3n) is 1.79. The molecule has 80 valence electrons. The molecule has 14 heavy (non-hydrogen) atoms. The van der Waals surface area contributed by atoms with E-state index in [1.54, 1.807) is 0 Å². The lowest BCUT2D eigenvalue weighted by Crippen LogP contribution is -2.09. The van der Waals surface area contributed by atoms with Gasteiger partial charge in [-0.3, -0.25) is 4.79 Å². The van der Waals surface area contributed by atoms with Crippen molar-refractivity contribution in [2.45, 2.75) is 39.5 Å². The van der Waals surface area contributed by atoms with Gasteiger partial charge in [0.2, 0.25) is 0 Å². The van der Waals surface area contributed by atoms with Crippen LogP contribution in [0.4, 0.5) is 0 Å². The van der Waals surface area contributed by atoms with E-state index in [1.807, 2.05) is 0 Å². The Kier molecular flexibility index (Phi) is 6.72. The molecule has 0 spiro atoms. The van der Waals surface area contributed by atoms with Crippen LogP contribution in [0.5, 0.6) is 0 Å². The summed E-state index contributed by atoms with van der Waals surface area (Å²) in [5.74, 6) is -0.474. The molecule has 0 radical (unpaired) electrons. The van der Waals surface area contributed by atoms with E-state index in [0.29, 0.717) is 12.3 Å². The van der Waals surface area contributed by atoms with Gasteiger partial charge < -0.3 is 4.74 Å². The Bertz CT molecular complexity index is 207. The van der Waals surface area contributed by atoms with E-state index in [-0.39, 0.29) is 0 Å². The summed E-state index contributed by atoms with van der Waals surface area (Å²) in [4.78, 5) is 21.6. The summed E-state index contributed by atoms with van der Waals surface area (Å²) in [6, 6.07) is 0. The molecule has 0 heterocycles. The number of ether oxygens (including phenoxy) is 1. The van der Waals surface area contributed by atoms with Crippen LogP contribution in [0.1, 0.15) is 39.5 Å². The summed E-state index contributed by atoms with van der Waals surface area (Å²) in [6.45, 7) is 7.48. The van der Waals surface area contributed by atoms with Gasteiger partial charge in [-0.2, -0.15) is 0 Å². The third kappa shape index (κ3) is 7.53. The van der Waals surface area contributed by atoms with Crippen LogP contribution in [0, 0.1) is 5.92 Å². The number of carbonyl (C=O) groups excluding carboxylic acids is 2. The van der Waals surface area contributed by atoms with Crippen LogP contribution in [0.15, 0.2) is 12.7 Å². The minimum absolute atomic E-state index is 0.312. The summed E-state index contributed by atoms with van der Waals surface area (Å²) in [5, 5.41) is 0. The molecule has 3 heteroatoms. The van der Waals surface area contributed by atoms with Crippen molar-refractivity contribution >= 4 is 11.9 Å². The van der Waals surface area contributed by atoms with Gasteiger partial charge in [0, 0.05) is 12.5 Å². The van der Waals surface area contributed by atoms with E-state index in [2.05, 4.69) is 25.2 Å². The molecule has 0 bridgehead atoms. The molecule has 0 aromatic carbocycles. The highest BCUT2D eigenvalue weighted by Crippen LogP contribution is 2.08. The zero-order valence-electron chi connectivity index (χ0n) is 8.91. The molecule has 3 nitrogen and oxygen atoms in total. The Hall–Kier alpha value is -1.12. The zero-order chi connectivity index (χ0) is 11.0. The van der Waals surface area contributed by atoms with Crippen molar-refractivity contribution in [1.29, 1.82) is 0 Å². The van der Waals surface area contributed by atoms with Gasteiger partial charge in [0.05, 0.1) is 0 Å². The quantitative estimate of drug-likeness (QED) is 0.285. The topological polar surface area (TPSA) is 43.4 Å². The Morgan fingerprint density at radius 2 is 2.00 bits per heavy atom. The van der Waals surface area contributed by atoms with Crippen molar-refractivity contribution in [1.82, 2.24) is 0 Å². The fourth-order valence-corrected chi connectivity index (χ4v) is 1.03. The van der Waals surface area contributed by atoms with E-state index in [0.717, 1.165) is 25.3 Å². The minimum atomic E-state index is -0.668. The highest BCUT2D eigenvalue weighted by molar-refractivity contribution is 5.91. The average Bonchev–Trinajstić information content (AvgIpc) is 2.12. The molecule has 0 fully saturated rings. The molecule has 0 aliphatic carbocycles. The summed E-state index contributed by atoms with van der Waals surface area (Å²) in [6.07, 6.45) is 4.18. The van der Waals surface area contributed by atoms with Crippen molar-refractivity contribution in [3.63, 3.8) is 0 Å². The smallest absolute Gasteiger partial charge is 0.337 e. The van der Waals surface area contributed by atoms with E-state index in [9.17, 15) is 9.59 Å². The minimum Gasteiger partial charge on any atom is -0.390 e. The summed E-state index contributed by atoms with van der Waals surface area (Å²) >= 11 is 0. The first-order valence-corrected chi connectivity index (χ1v) is 4.93. The fourth-order valence-electron chi connectivity index (χ4n) is 1.03. The van der Waals surface area contributed by atoms with Crippen LogP contribution in [0.25, 0.3) is 0 Å². The SMILES string of the molecule is C=CC(=O)OC(=O)CCCCC(C)C. The molecule has 0 atom stereocenters. The Labute approximate surface area is 85.1 Å². The second-order valence-electron chi connectivity index (χ2n) is 3.64. The maximum atomic E-state index is 11.0. The number of esters is 2. The fraction of sp³-hybridized carbons (Fsp3) is 0.636. The van der Waals surface area contributed by atoms with Crippen LogP contribution >= 0.6 is 0 Å². The van der Waals surface area contributed by atoms with Crippen LogP contribution in [-0.4, -0.2) is 11.9 Å². The van der Waals surface area contributed by atoms with Gasteiger partial charge in [0.1, 0.15) is 0 Å². The molecular weight excluding hydrogens is 180 g/mol. The highest BCUT2D eigenvalue weighted by Gasteiger charge is 2.06. The van der Waals surface area contributed by atoms with Crippen LogP contribution in [-0.2, 0) is 14.3 Å². The number of hydrogen-bond donors (Lipinski definition) is 0. The summed E-state index contributed by atoms with van der Waals surface area (Å²) in [7, 11) is 0. The van der Waals surface area contributed by atoms with Gasteiger partial charge in [-0.25, -0.2) is 4.79 Å². The summed E-state index contributed by atoms with van der Waals surface area (Å²) in [5.41, 5.74) is 0. The standard InChI is InChI=1S/C11H18O3/c1-4-10(12)14-11(13)8-6-5-7-9(2)3/h4,9H,1,5-8H2,2-3H3. The van der Waals surface area contributed by atoms with Gasteiger partial charge in [-0.05, 0) is 12.3 Å². The lowest BCUT2D eigenvalue weighted by molar-refractivity contribution is -0.156. The van der Waals surface area contributed by atoms with Crippen molar-refractivity contribution < 1.29 is 14.3 Å². The predicted molar refractivity (Wildman–Crippen MR) is 54.6 cm³/mol. The second kappa shape index (κ2) is 7.30. The molecule has 0 aromatic rings. The van der Waals surface area contributed by atoms with E-state index in [4.69, 9.17) is 0 Å². The average molecular weight is 198 g/mol. The molecule has 0 aromatic heterocycles. The van der Waals surface area contributed by atoms with Crippen molar-refractivity contribution in [2.75, 3.05) is 0 Å². The van der Waals surface area contributed by atoms with E-state index < -0.39 is 11.9 Å². The van der Waals surface area contributed by atoms with E-state index in [1.165, 1.54) is 0 Å². The summed E-state index contributed by atoms with van der Waals surface area (Å²) < 4.78 is 4.41. The highest BCUT2D eigenvalue weighted by atomic mass is 16.6. The molecule has 0 amide bonds. The van der Waals surface area contributed by atoms with Gasteiger partial charge in [0.25, 0.3) is 0 Å². The van der Waals surface area contributed by atoms with Crippen molar-refractivity contribution in [2.24, 2.45) is 5.92 Å². The van der Waals surface area contributed by atoms with Gasteiger partial charge >= 0.3 is 11.9 Å². The van der Waals surface area contributed by atoms with Crippen molar-refractivity contribution in [3.05, 3.63) is 12.7 Å². The molecule has 0 aliphatic heterocycles. The lowest BCUT2D eigenvalue weighted by atomic mass is 10.1. The number of hydrogen-bond acceptors (Lipinski definition) is 3. The van der Waals surface area contributed by atoms with Crippen LogP contribution in [0.3, 0.4) is 0 Å². The van der Waals surface area contributed by atoms with Gasteiger partial charge in [-0.1, -0.05) is 33.3 Å². The molecular formula is C11H18O3. The van der Waals surface area contributed by atoms with Crippen LogP contribution in [0.2, 0.25) is 0 Å².